The first-order chi connectivity index (χ1) is 9.33. The van der Waals surface area contributed by atoms with E-state index in [9.17, 15) is 0 Å². The molecule has 0 spiro atoms. The maximum absolute atomic E-state index is 6.14. The van der Waals surface area contributed by atoms with E-state index >= 15 is 0 Å². The summed E-state index contributed by atoms with van der Waals surface area (Å²) in [6.07, 6.45) is 6.50. The molecule has 1 aromatic heterocycles. The van der Waals surface area contributed by atoms with Crippen LogP contribution in [0.5, 0.6) is 0 Å². The van der Waals surface area contributed by atoms with E-state index in [4.69, 9.17) is 11.6 Å². The van der Waals surface area contributed by atoms with Crippen LogP contribution in [0.1, 0.15) is 31.2 Å². The second-order valence-electron chi connectivity index (χ2n) is 5.32. The highest BCUT2D eigenvalue weighted by atomic mass is 35.5. The second-order valence-corrected chi connectivity index (χ2v) is 5.94. The Hall–Kier alpha value is -1.12. The highest BCUT2D eigenvalue weighted by Crippen LogP contribution is 2.23. The molecule has 1 fully saturated rings. The number of fused-ring (bicyclic) bond motifs is 1. The van der Waals surface area contributed by atoms with Gasteiger partial charge in [0.05, 0.1) is 5.52 Å². The Bertz CT molecular complexity index is 542. The van der Waals surface area contributed by atoms with E-state index in [1.807, 2.05) is 12.3 Å². The third-order valence-electron chi connectivity index (χ3n) is 3.95. The van der Waals surface area contributed by atoms with Crippen LogP contribution in [0.3, 0.4) is 0 Å². The lowest BCUT2D eigenvalue weighted by Gasteiger charge is -2.26. The molecular formula is C16H19ClN2. The molecule has 19 heavy (non-hydrogen) atoms. The first-order valence-electron chi connectivity index (χ1n) is 7.03. The summed E-state index contributed by atoms with van der Waals surface area (Å²) in [7, 11) is 0. The van der Waals surface area contributed by atoms with Gasteiger partial charge in [0.15, 0.2) is 0 Å². The molecular weight excluding hydrogens is 256 g/mol. The molecule has 3 heteroatoms. The van der Waals surface area contributed by atoms with Crippen molar-refractivity contribution < 1.29 is 0 Å². The molecule has 1 heterocycles. The zero-order chi connectivity index (χ0) is 13.1. The highest BCUT2D eigenvalue weighted by Gasteiger charge is 2.18. The Morgan fingerprint density at radius 3 is 2.74 bits per heavy atom. The number of para-hydroxylation sites is 1. The van der Waals surface area contributed by atoms with Crippen molar-refractivity contribution in [2.24, 2.45) is 0 Å². The first kappa shape index (κ1) is 12.9. The van der Waals surface area contributed by atoms with Gasteiger partial charge < -0.3 is 5.32 Å². The lowest BCUT2D eigenvalue weighted by molar-refractivity contribution is 0.376. The van der Waals surface area contributed by atoms with Gasteiger partial charge in [-0.25, -0.2) is 0 Å². The van der Waals surface area contributed by atoms with Crippen molar-refractivity contribution in [2.45, 2.75) is 43.6 Å². The number of pyridine rings is 1. The van der Waals surface area contributed by atoms with Gasteiger partial charge in [0.2, 0.25) is 0 Å². The summed E-state index contributed by atoms with van der Waals surface area (Å²) in [6.45, 7) is 0.895. The minimum Gasteiger partial charge on any atom is -0.310 e. The van der Waals surface area contributed by atoms with Gasteiger partial charge in [-0.1, -0.05) is 24.3 Å². The monoisotopic (exact) mass is 274 g/mol. The third-order valence-corrected chi connectivity index (χ3v) is 4.39. The number of alkyl halides is 1. The highest BCUT2D eigenvalue weighted by molar-refractivity contribution is 6.20. The zero-order valence-electron chi connectivity index (χ0n) is 11.0. The average molecular weight is 275 g/mol. The third kappa shape index (κ3) is 3.07. The van der Waals surface area contributed by atoms with Gasteiger partial charge in [0, 0.05) is 29.5 Å². The molecule has 0 aliphatic heterocycles. The smallest absolute Gasteiger partial charge is 0.0746 e. The average Bonchev–Trinajstić information content (AvgIpc) is 2.47. The van der Waals surface area contributed by atoms with E-state index in [0.29, 0.717) is 11.4 Å². The summed E-state index contributed by atoms with van der Waals surface area (Å²) in [6, 6.07) is 11.1. The van der Waals surface area contributed by atoms with Gasteiger partial charge in [-0.05, 0) is 37.3 Å². The molecule has 1 N–H and O–H groups in total. The number of nitrogens with zero attached hydrogens (tertiary/aromatic N) is 1. The van der Waals surface area contributed by atoms with Crippen molar-refractivity contribution in [1.29, 1.82) is 0 Å². The van der Waals surface area contributed by atoms with Crippen LogP contribution in [-0.2, 0) is 6.54 Å². The Kier molecular flexibility index (Phi) is 4.00. The molecule has 2 nitrogen and oxygen atoms in total. The standard InChI is InChI=1S/C16H19ClN2/c17-14-6-8-15(9-7-14)19-11-13-4-1-3-12-5-2-10-18-16(12)13/h1-5,10,14-15,19H,6-9,11H2. The number of halogens is 1. The normalized spacial score (nSPS) is 23.6. The van der Waals surface area contributed by atoms with E-state index in [1.54, 1.807) is 0 Å². The first-order valence-corrected chi connectivity index (χ1v) is 7.46. The summed E-state index contributed by atoms with van der Waals surface area (Å²) in [5.74, 6) is 0. The number of hydrogen-bond acceptors (Lipinski definition) is 2. The molecule has 0 radical (unpaired) electrons. The molecule has 2 aromatic rings. The Morgan fingerprint density at radius 1 is 1.11 bits per heavy atom. The molecule has 0 atom stereocenters. The van der Waals surface area contributed by atoms with Gasteiger partial charge in [0.25, 0.3) is 0 Å². The number of rotatable bonds is 3. The maximum atomic E-state index is 6.14. The summed E-state index contributed by atoms with van der Waals surface area (Å²) in [5, 5.41) is 5.25. The Morgan fingerprint density at radius 2 is 1.89 bits per heavy atom. The fourth-order valence-corrected chi connectivity index (χ4v) is 3.07. The van der Waals surface area contributed by atoms with Crippen LogP contribution in [0.15, 0.2) is 36.5 Å². The van der Waals surface area contributed by atoms with E-state index in [2.05, 4.69) is 34.6 Å². The quantitative estimate of drug-likeness (QED) is 0.860. The zero-order valence-corrected chi connectivity index (χ0v) is 11.7. The predicted molar refractivity (Wildman–Crippen MR) is 80.5 cm³/mol. The minimum atomic E-state index is 0.386. The number of benzene rings is 1. The SMILES string of the molecule is ClC1CCC(NCc2cccc3cccnc23)CC1. The summed E-state index contributed by atoms with van der Waals surface area (Å²) in [4.78, 5) is 4.50. The fraction of sp³-hybridized carbons (Fsp3) is 0.438. The Labute approximate surface area is 119 Å². The number of hydrogen-bond donors (Lipinski definition) is 1. The van der Waals surface area contributed by atoms with Crippen molar-refractivity contribution in [2.75, 3.05) is 0 Å². The summed E-state index contributed by atoms with van der Waals surface area (Å²) in [5.41, 5.74) is 2.40. The van der Waals surface area contributed by atoms with Crippen LogP contribution in [0.25, 0.3) is 10.9 Å². The van der Waals surface area contributed by atoms with E-state index in [-0.39, 0.29) is 0 Å². The summed E-state index contributed by atoms with van der Waals surface area (Å²) < 4.78 is 0. The van der Waals surface area contributed by atoms with Crippen molar-refractivity contribution in [1.82, 2.24) is 10.3 Å². The van der Waals surface area contributed by atoms with Crippen LogP contribution >= 0.6 is 11.6 Å². The van der Waals surface area contributed by atoms with E-state index < -0.39 is 0 Å². The van der Waals surface area contributed by atoms with Crippen LogP contribution in [0.2, 0.25) is 0 Å². The van der Waals surface area contributed by atoms with Gasteiger partial charge in [0.1, 0.15) is 0 Å². The molecule has 1 aliphatic carbocycles. The van der Waals surface area contributed by atoms with E-state index in [0.717, 1.165) is 24.9 Å². The maximum Gasteiger partial charge on any atom is 0.0746 e. The largest absolute Gasteiger partial charge is 0.310 e. The van der Waals surface area contributed by atoms with Crippen LogP contribution < -0.4 is 5.32 Å². The molecule has 0 amide bonds. The number of nitrogens with one attached hydrogen (secondary N) is 1. The lowest BCUT2D eigenvalue weighted by atomic mass is 9.95. The molecule has 0 saturated heterocycles. The second kappa shape index (κ2) is 5.89. The minimum absolute atomic E-state index is 0.386. The molecule has 0 bridgehead atoms. The fourth-order valence-electron chi connectivity index (χ4n) is 2.82. The molecule has 0 unspecified atom stereocenters. The van der Waals surface area contributed by atoms with Crippen LogP contribution in [0.4, 0.5) is 0 Å². The van der Waals surface area contributed by atoms with Gasteiger partial charge in [-0.15, -0.1) is 11.6 Å². The topological polar surface area (TPSA) is 24.9 Å². The van der Waals surface area contributed by atoms with Crippen molar-refractivity contribution >= 4 is 22.5 Å². The van der Waals surface area contributed by atoms with Crippen LogP contribution in [-0.4, -0.2) is 16.4 Å². The van der Waals surface area contributed by atoms with Gasteiger partial charge in [-0.3, -0.25) is 4.98 Å². The summed E-state index contributed by atoms with van der Waals surface area (Å²) >= 11 is 6.14. The molecule has 1 aromatic carbocycles. The Balaban J connectivity index is 1.68. The molecule has 1 saturated carbocycles. The van der Waals surface area contributed by atoms with Crippen molar-refractivity contribution in [3.63, 3.8) is 0 Å². The van der Waals surface area contributed by atoms with Gasteiger partial charge in [-0.2, -0.15) is 0 Å². The molecule has 100 valence electrons. The van der Waals surface area contributed by atoms with Crippen LogP contribution in [0, 0.1) is 0 Å². The molecule has 3 rings (SSSR count). The molecule has 1 aliphatic rings. The van der Waals surface area contributed by atoms with Gasteiger partial charge >= 0.3 is 0 Å². The van der Waals surface area contributed by atoms with Crippen molar-refractivity contribution in [3.8, 4) is 0 Å². The lowest BCUT2D eigenvalue weighted by Crippen LogP contribution is -2.33. The number of aromatic nitrogens is 1. The van der Waals surface area contributed by atoms with E-state index in [1.165, 1.54) is 23.8 Å². The van der Waals surface area contributed by atoms with Crippen molar-refractivity contribution in [3.05, 3.63) is 42.1 Å². The predicted octanol–water partition coefficient (Wildman–Crippen LogP) is 3.87.